The van der Waals surface area contributed by atoms with Gasteiger partial charge in [0.1, 0.15) is 5.01 Å². The van der Waals surface area contributed by atoms with Crippen LogP contribution >= 0.6 is 11.3 Å². The van der Waals surface area contributed by atoms with Crippen LogP contribution in [0, 0.1) is 20.8 Å². The van der Waals surface area contributed by atoms with E-state index in [1.165, 1.54) is 5.56 Å². The molecule has 4 aromatic rings. The summed E-state index contributed by atoms with van der Waals surface area (Å²) in [6.45, 7) is 8.14. The zero-order valence-electron chi connectivity index (χ0n) is 17.2. The van der Waals surface area contributed by atoms with E-state index in [0.29, 0.717) is 6.42 Å². The molecule has 1 atom stereocenters. The third-order valence-electron chi connectivity index (χ3n) is 5.27. The van der Waals surface area contributed by atoms with E-state index in [1.807, 2.05) is 39.0 Å². The van der Waals surface area contributed by atoms with Crippen LogP contribution in [0.4, 0.5) is 0 Å². The van der Waals surface area contributed by atoms with E-state index < -0.39 is 0 Å². The van der Waals surface area contributed by atoms with Gasteiger partial charge in [-0.3, -0.25) is 4.79 Å². The zero-order chi connectivity index (χ0) is 20.5. The van der Waals surface area contributed by atoms with Gasteiger partial charge < -0.3 is 10.3 Å². The summed E-state index contributed by atoms with van der Waals surface area (Å²) in [5, 5.41) is 5.26. The second-order valence-electron chi connectivity index (χ2n) is 7.57. The molecule has 1 amide bonds. The SMILES string of the molecule is Cc1ccc(-c2nc(C)c([C@H](C)NC(=O)Cc3c(C)[nH]c4ccccc34)s2)cc1. The molecule has 4 rings (SSSR count). The summed E-state index contributed by atoms with van der Waals surface area (Å²) in [7, 11) is 0. The molecule has 0 radical (unpaired) electrons. The number of fused-ring (bicyclic) bond motifs is 1. The van der Waals surface area contributed by atoms with Gasteiger partial charge in [0, 0.05) is 22.2 Å². The van der Waals surface area contributed by atoms with Crippen molar-refractivity contribution in [2.75, 3.05) is 0 Å². The Hall–Kier alpha value is -2.92. The summed E-state index contributed by atoms with van der Waals surface area (Å²) in [6.07, 6.45) is 0.364. The van der Waals surface area contributed by atoms with Crippen LogP contribution in [0.1, 0.15) is 40.4 Å². The van der Waals surface area contributed by atoms with Crippen molar-refractivity contribution < 1.29 is 4.79 Å². The fourth-order valence-electron chi connectivity index (χ4n) is 3.71. The number of carbonyl (C=O) groups is 1. The molecule has 2 aromatic heterocycles. The number of benzene rings is 2. The average molecular weight is 404 g/mol. The summed E-state index contributed by atoms with van der Waals surface area (Å²) in [5.74, 6) is 0.0232. The highest BCUT2D eigenvalue weighted by Crippen LogP contribution is 2.32. The first-order valence-electron chi connectivity index (χ1n) is 9.82. The van der Waals surface area contributed by atoms with Gasteiger partial charge in [-0.2, -0.15) is 0 Å². The number of carbonyl (C=O) groups excluding carboxylic acids is 1. The molecule has 0 aliphatic carbocycles. The molecule has 4 nitrogen and oxygen atoms in total. The number of para-hydroxylation sites is 1. The number of hydrogen-bond donors (Lipinski definition) is 2. The number of nitrogens with zero attached hydrogens (tertiary/aromatic N) is 1. The molecule has 2 N–H and O–H groups in total. The van der Waals surface area contributed by atoms with Crippen molar-refractivity contribution in [3.63, 3.8) is 0 Å². The van der Waals surface area contributed by atoms with Crippen molar-refractivity contribution in [3.05, 3.63) is 75.9 Å². The molecule has 2 aromatic carbocycles. The minimum absolute atomic E-state index is 0.0232. The van der Waals surface area contributed by atoms with Crippen LogP contribution in [0.5, 0.6) is 0 Å². The molecule has 2 heterocycles. The Balaban J connectivity index is 1.50. The van der Waals surface area contributed by atoms with Crippen LogP contribution in [0.2, 0.25) is 0 Å². The molecular formula is C24H25N3OS. The quantitative estimate of drug-likeness (QED) is 0.453. The monoisotopic (exact) mass is 403 g/mol. The molecular weight excluding hydrogens is 378 g/mol. The van der Waals surface area contributed by atoms with Gasteiger partial charge in [-0.15, -0.1) is 11.3 Å². The molecule has 29 heavy (non-hydrogen) atoms. The Morgan fingerprint density at radius 1 is 1.10 bits per heavy atom. The molecule has 0 aliphatic heterocycles. The van der Waals surface area contributed by atoms with Crippen molar-refractivity contribution in [2.45, 2.75) is 40.2 Å². The fraction of sp³-hybridized carbons (Fsp3) is 0.250. The minimum atomic E-state index is -0.0790. The first-order chi connectivity index (χ1) is 13.9. The van der Waals surface area contributed by atoms with Gasteiger partial charge >= 0.3 is 0 Å². The second kappa shape index (κ2) is 7.84. The number of hydrogen-bond acceptors (Lipinski definition) is 3. The highest BCUT2D eigenvalue weighted by atomic mass is 32.1. The van der Waals surface area contributed by atoms with Gasteiger partial charge in [0.2, 0.25) is 5.91 Å². The van der Waals surface area contributed by atoms with E-state index in [0.717, 1.165) is 43.3 Å². The molecule has 5 heteroatoms. The van der Waals surface area contributed by atoms with Gasteiger partial charge in [0.15, 0.2) is 0 Å². The lowest BCUT2D eigenvalue weighted by atomic mass is 10.1. The summed E-state index contributed by atoms with van der Waals surface area (Å²) in [5.41, 5.74) is 6.50. The van der Waals surface area contributed by atoms with Gasteiger partial charge in [0.05, 0.1) is 23.0 Å². The predicted molar refractivity (Wildman–Crippen MR) is 120 cm³/mol. The van der Waals surface area contributed by atoms with Crippen LogP contribution in [0.25, 0.3) is 21.5 Å². The van der Waals surface area contributed by atoms with Crippen molar-refractivity contribution in [3.8, 4) is 10.6 Å². The summed E-state index contributed by atoms with van der Waals surface area (Å²) >= 11 is 1.65. The molecule has 0 bridgehead atoms. The van der Waals surface area contributed by atoms with Crippen LogP contribution in [0.3, 0.4) is 0 Å². The molecule has 0 saturated heterocycles. The van der Waals surface area contributed by atoms with Crippen LogP contribution in [-0.2, 0) is 11.2 Å². The number of aromatic nitrogens is 2. The Bertz CT molecular complexity index is 1170. The molecule has 148 valence electrons. The topological polar surface area (TPSA) is 57.8 Å². The Labute approximate surface area is 175 Å². The van der Waals surface area contributed by atoms with Crippen LogP contribution in [0.15, 0.2) is 48.5 Å². The average Bonchev–Trinajstić information content (AvgIpc) is 3.23. The predicted octanol–water partition coefficient (Wildman–Crippen LogP) is 5.64. The number of H-pyrrole nitrogens is 1. The van der Waals surface area contributed by atoms with Crippen molar-refractivity contribution in [1.82, 2.24) is 15.3 Å². The van der Waals surface area contributed by atoms with E-state index in [-0.39, 0.29) is 11.9 Å². The number of aryl methyl sites for hydroxylation is 3. The first-order valence-corrected chi connectivity index (χ1v) is 10.6. The number of nitrogens with one attached hydrogen (secondary N) is 2. The smallest absolute Gasteiger partial charge is 0.225 e. The molecule has 0 fully saturated rings. The number of amides is 1. The lowest BCUT2D eigenvalue weighted by Crippen LogP contribution is -2.28. The summed E-state index contributed by atoms with van der Waals surface area (Å²) in [6, 6.07) is 16.4. The minimum Gasteiger partial charge on any atom is -0.358 e. The number of rotatable bonds is 5. The maximum atomic E-state index is 12.8. The normalized spacial score (nSPS) is 12.3. The highest BCUT2D eigenvalue weighted by molar-refractivity contribution is 7.15. The molecule has 0 aliphatic rings. The van der Waals surface area contributed by atoms with E-state index in [9.17, 15) is 4.79 Å². The first kappa shape index (κ1) is 19.4. The maximum absolute atomic E-state index is 12.8. The third kappa shape index (κ3) is 3.96. The van der Waals surface area contributed by atoms with E-state index >= 15 is 0 Å². The summed E-state index contributed by atoms with van der Waals surface area (Å²) < 4.78 is 0. The second-order valence-corrected chi connectivity index (χ2v) is 8.61. The Kier molecular flexibility index (Phi) is 5.24. The zero-order valence-corrected chi connectivity index (χ0v) is 18.0. The van der Waals surface area contributed by atoms with Crippen molar-refractivity contribution >= 4 is 28.1 Å². The van der Waals surface area contributed by atoms with Crippen molar-refractivity contribution in [1.29, 1.82) is 0 Å². The van der Waals surface area contributed by atoms with E-state index in [1.54, 1.807) is 11.3 Å². The van der Waals surface area contributed by atoms with Gasteiger partial charge in [0.25, 0.3) is 0 Å². The highest BCUT2D eigenvalue weighted by Gasteiger charge is 2.19. The largest absolute Gasteiger partial charge is 0.358 e. The van der Waals surface area contributed by atoms with E-state index in [2.05, 4.69) is 47.6 Å². The fourth-order valence-corrected chi connectivity index (χ4v) is 4.78. The Morgan fingerprint density at radius 3 is 2.59 bits per heavy atom. The van der Waals surface area contributed by atoms with Gasteiger partial charge in [-0.05, 0) is 39.3 Å². The number of aromatic amines is 1. The van der Waals surface area contributed by atoms with Crippen LogP contribution in [-0.4, -0.2) is 15.9 Å². The van der Waals surface area contributed by atoms with Gasteiger partial charge in [-0.1, -0.05) is 48.0 Å². The molecule has 0 saturated carbocycles. The lowest BCUT2D eigenvalue weighted by molar-refractivity contribution is -0.121. The lowest BCUT2D eigenvalue weighted by Gasteiger charge is -2.13. The van der Waals surface area contributed by atoms with E-state index in [4.69, 9.17) is 4.98 Å². The maximum Gasteiger partial charge on any atom is 0.225 e. The standard InChI is InChI=1S/C24H25N3OS/c1-14-9-11-18(12-10-14)24-27-17(4)23(29-24)16(3)26-22(28)13-20-15(2)25-21-8-6-5-7-19(20)21/h5-12,16,25H,13H2,1-4H3,(H,26,28)/t16-/m0/s1. The molecule has 0 spiro atoms. The Morgan fingerprint density at radius 2 is 1.83 bits per heavy atom. The molecule has 0 unspecified atom stereocenters. The van der Waals surface area contributed by atoms with Gasteiger partial charge in [-0.25, -0.2) is 4.98 Å². The van der Waals surface area contributed by atoms with Crippen molar-refractivity contribution in [2.24, 2.45) is 0 Å². The number of thiazole rings is 1. The van der Waals surface area contributed by atoms with Crippen LogP contribution < -0.4 is 5.32 Å². The summed E-state index contributed by atoms with van der Waals surface area (Å²) in [4.78, 5) is 22.0. The third-order valence-corrected chi connectivity index (χ3v) is 6.66.